The number of pyridine rings is 1. The molecule has 1 aromatic carbocycles. The molecule has 1 saturated heterocycles. The second-order valence-electron chi connectivity index (χ2n) is 9.53. The molecule has 2 aliphatic heterocycles. The van der Waals surface area contributed by atoms with E-state index in [9.17, 15) is 9.18 Å². The van der Waals surface area contributed by atoms with Gasteiger partial charge in [-0.1, -0.05) is 0 Å². The smallest absolute Gasteiger partial charge is 0.319 e. The van der Waals surface area contributed by atoms with Gasteiger partial charge in [-0.25, -0.2) is 9.18 Å². The summed E-state index contributed by atoms with van der Waals surface area (Å²) in [5, 5.41) is 7.52. The molecule has 0 atom stereocenters. The molecule has 12 heteroatoms. The molecule has 0 spiro atoms. The molecule has 38 heavy (non-hydrogen) atoms. The van der Waals surface area contributed by atoms with Crippen LogP contribution in [0.4, 0.5) is 14.9 Å². The van der Waals surface area contributed by atoms with Gasteiger partial charge >= 0.3 is 6.03 Å². The number of ether oxygens (including phenoxy) is 2. The summed E-state index contributed by atoms with van der Waals surface area (Å²) < 4.78 is 27.0. The summed E-state index contributed by atoms with van der Waals surface area (Å²) in [5.41, 5.74) is 8.51. The van der Waals surface area contributed by atoms with Gasteiger partial charge in [0.25, 0.3) is 0 Å². The SMILES string of the molecule is O=C(Nc1ccc(Oc2ccnc3cc(C4=CN(CCCN5CCOCC5)NN4)sc23)c(F)c1)NC1CC1. The molecular formula is C26H30FN7O3S. The number of nitrogens with zero attached hydrogens (tertiary/aromatic N) is 3. The number of carbonyl (C=O) groups excluding carboxylic acids is 1. The number of urea groups is 1. The predicted molar refractivity (Wildman–Crippen MR) is 144 cm³/mol. The highest BCUT2D eigenvalue weighted by atomic mass is 32.1. The highest BCUT2D eigenvalue weighted by molar-refractivity contribution is 7.20. The summed E-state index contributed by atoms with van der Waals surface area (Å²) in [4.78, 5) is 19.8. The van der Waals surface area contributed by atoms with E-state index in [4.69, 9.17) is 9.47 Å². The summed E-state index contributed by atoms with van der Waals surface area (Å²) in [7, 11) is 0. The maximum Gasteiger partial charge on any atom is 0.319 e. The van der Waals surface area contributed by atoms with Gasteiger partial charge < -0.3 is 25.5 Å². The van der Waals surface area contributed by atoms with Gasteiger partial charge in [-0.3, -0.25) is 14.9 Å². The van der Waals surface area contributed by atoms with Crippen LogP contribution in [0.25, 0.3) is 15.9 Å². The van der Waals surface area contributed by atoms with E-state index in [1.807, 2.05) is 11.1 Å². The first-order chi connectivity index (χ1) is 18.6. The fourth-order valence-electron chi connectivity index (χ4n) is 4.38. The number of hydrazine groups is 2. The first-order valence-electron chi connectivity index (χ1n) is 12.8. The average molecular weight is 540 g/mol. The molecule has 2 fully saturated rings. The first kappa shape index (κ1) is 24.9. The Hall–Kier alpha value is -3.45. The molecule has 2 amide bonds. The number of carbonyl (C=O) groups is 1. The van der Waals surface area contributed by atoms with E-state index in [0.717, 1.165) is 79.4 Å². The largest absolute Gasteiger partial charge is 0.453 e. The lowest BCUT2D eigenvalue weighted by molar-refractivity contribution is 0.0361. The van der Waals surface area contributed by atoms with E-state index in [0.29, 0.717) is 11.4 Å². The van der Waals surface area contributed by atoms with Crippen molar-refractivity contribution in [1.29, 1.82) is 0 Å². The van der Waals surface area contributed by atoms with E-state index in [-0.39, 0.29) is 17.8 Å². The fraction of sp³-hybridized carbons (Fsp3) is 0.385. The second kappa shape index (κ2) is 11.1. The topological polar surface area (TPSA) is 103 Å². The Labute approximate surface area is 223 Å². The minimum atomic E-state index is -0.562. The van der Waals surface area contributed by atoms with Gasteiger partial charge in [0.05, 0.1) is 34.0 Å². The highest BCUT2D eigenvalue weighted by Crippen LogP contribution is 2.38. The Morgan fingerprint density at radius 1 is 1.18 bits per heavy atom. The van der Waals surface area contributed by atoms with E-state index in [1.165, 1.54) is 23.5 Å². The van der Waals surface area contributed by atoms with Crippen LogP contribution in [0.1, 0.15) is 24.1 Å². The number of halogens is 1. The van der Waals surface area contributed by atoms with Crippen LogP contribution in [0.3, 0.4) is 0 Å². The third-order valence-electron chi connectivity index (χ3n) is 6.56. The zero-order valence-corrected chi connectivity index (χ0v) is 21.7. The highest BCUT2D eigenvalue weighted by Gasteiger charge is 2.23. The number of rotatable bonds is 9. The zero-order valence-electron chi connectivity index (χ0n) is 20.8. The Kier molecular flexibility index (Phi) is 7.27. The van der Waals surface area contributed by atoms with Gasteiger partial charge in [0.15, 0.2) is 11.6 Å². The van der Waals surface area contributed by atoms with Crippen LogP contribution in [0.2, 0.25) is 0 Å². The van der Waals surface area contributed by atoms with Gasteiger partial charge in [0, 0.05) is 62.4 Å². The average Bonchev–Trinajstić information content (AvgIpc) is 3.41. The van der Waals surface area contributed by atoms with Crippen LogP contribution in [0, 0.1) is 5.82 Å². The van der Waals surface area contributed by atoms with Crippen LogP contribution in [0.15, 0.2) is 42.7 Å². The molecule has 4 heterocycles. The minimum absolute atomic E-state index is 0.0758. The van der Waals surface area contributed by atoms with E-state index in [2.05, 4.69) is 37.7 Å². The van der Waals surface area contributed by atoms with E-state index < -0.39 is 5.82 Å². The van der Waals surface area contributed by atoms with E-state index >= 15 is 0 Å². The molecule has 0 bridgehead atoms. The van der Waals surface area contributed by atoms with Crippen molar-refractivity contribution in [2.75, 3.05) is 44.7 Å². The summed E-state index contributed by atoms with van der Waals surface area (Å²) in [6, 6.07) is 8.01. The number of thiophene rings is 1. The van der Waals surface area contributed by atoms with Crippen molar-refractivity contribution < 1.29 is 18.7 Å². The Morgan fingerprint density at radius 3 is 2.87 bits per heavy atom. The molecule has 1 aliphatic carbocycles. The van der Waals surface area contributed by atoms with Crippen LogP contribution >= 0.6 is 11.3 Å². The van der Waals surface area contributed by atoms with Gasteiger partial charge in [0.2, 0.25) is 0 Å². The third kappa shape index (κ3) is 5.99. The summed E-state index contributed by atoms with van der Waals surface area (Å²) in [6.07, 6.45) is 6.70. The molecule has 0 radical (unpaired) electrons. The van der Waals surface area contributed by atoms with Crippen LogP contribution in [-0.4, -0.2) is 66.4 Å². The van der Waals surface area contributed by atoms with Crippen molar-refractivity contribution in [1.82, 2.24) is 31.2 Å². The Balaban J connectivity index is 1.10. The molecular weight excluding hydrogens is 509 g/mol. The molecule has 4 N–H and O–H groups in total. The second-order valence-corrected chi connectivity index (χ2v) is 10.6. The molecule has 10 nitrogen and oxygen atoms in total. The number of fused-ring (bicyclic) bond motifs is 1. The van der Waals surface area contributed by atoms with Gasteiger partial charge in [-0.15, -0.1) is 16.9 Å². The van der Waals surface area contributed by atoms with Crippen molar-refractivity contribution in [2.45, 2.75) is 25.3 Å². The number of morpholine rings is 1. The van der Waals surface area contributed by atoms with Crippen LogP contribution in [0.5, 0.6) is 11.5 Å². The van der Waals surface area contributed by atoms with Crippen molar-refractivity contribution in [3.05, 3.63) is 53.4 Å². The third-order valence-corrected chi connectivity index (χ3v) is 7.73. The summed E-state index contributed by atoms with van der Waals surface area (Å²) in [6.45, 7) is 5.53. The lowest BCUT2D eigenvalue weighted by atomic mass is 10.3. The summed E-state index contributed by atoms with van der Waals surface area (Å²) in [5.74, 6) is 0.0335. The maximum absolute atomic E-state index is 14.8. The summed E-state index contributed by atoms with van der Waals surface area (Å²) >= 11 is 1.52. The van der Waals surface area contributed by atoms with Crippen molar-refractivity contribution >= 4 is 39.0 Å². The standard InChI is InChI=1S/C26H30FN7O3S/c27-19-14-18(30-26(35)29-17-2-3-17)4-5-22(19)37-23-6-7-28-20-15-24(38-25(20)23)21-16-34(32-31-21)9-1-8-33-10-12-36-13-11-33/h4-7,14-17,31-32H,1-3,8-13H2,(H2,29,30,35). The fourth-order valence-corrected chi connectivity index (χ4v) is 5.41. The van der Waals surface area contributed by atoms with Gasteiger partial charge in [-0.2, -0.15) is 0 Å². The van der Waals surface area contributed by atoms with Crippen molar-refractivity contribution in [3.8, 4) is 11.5 Å². The predicted octanol–water partition coefficient (Wildman–Crippen LogP) is 3.86. The number of hydrogen-bond acceptors (Lipinski definition) is 9. The number of anilines is 1. The number of nitrogens with one attached hydrogen (secondary N) is 4. The Bertz CT molecular complexity index is 1340. The van der Waals surface area contributed by atoms with Crippen LogP contribution < -0.4 is 26.3 Å². The van der Waals surface area contributed by atoms with Crippen molar-refractivity contribution in [3.63, 3.8) is 0 Å². The molecule has 200 valence electrons. The monoisotopic (exact) mass is 539 g/mol. The molecule has 2 aromatic heterocycles. The lowest BCUT2D eigenvalue weighted by Gasteiger charge is -2.27. The number of aromatic nitrogens is 1. The zero-order chi connectivity index (χ0) is 25.9. The minimum Gasteiger partial charge on any atom is -0.453 e. The van der Waals surface area contributed by atoms with Crippen LogP contribution in [-0.2, 0) is 4.74 Å². The number of hydrogen-bond donors (Lipinski definition) is 4. The molecule has 3 aromatic rings. The quantitative estimate of drug-likeness (QED) is 0.325. The molecule has 6 rings (SSSR count). The van der Waals surface area contributed by atoms with Gasteiger partial charge in [0.1, 0.15) is 5.75 Å². The Morgan fingerprint density at radius 2 is 2.05 bits per heavy atom. The van der Waals surface area contributed by atoms with E-state index in [1.54, 1.807) is 18.3 Å². The van der Waals surface area contributed by atoms with Gasteiger partial charge in [-0.05, 0) is 37.5 Å². The number of amides is 2. The number of benzene rings is 1. The molecule has 1 saturated carbocycles. The van der Waals surface area contributed by atoms with Crippen molar-refractivity contribution in [2.24, 2.45) is 0 Å². The normalized spacial score (nSPS) is 17.8. The first-order valence-corrected chi connectivity index (χ1v) is 13.7. The molecule has 3 aliphatic rings. The molecule has 0 unspecified atom stereocenters. The lowest BCUT2D eigenvalue weighted by Crippen LogP contribution is -2.40. The maximum atomic E-state index is 14.8.